The van der Waals surface area contributed by atoms with Crippen LogP contribution in [-0.4, -0.2) is 24.6 Å². The van der Waals surface area contributed by atoms with Crippen molar-refractivity contribution in [3.05, 3.63) is 70.9 Å². The van der Waals surface area contributed by atoms with E-state index < -0.39 is 0 Å². The van der Waals surface area contributed by atoms with Crippen molar-refractivity contribution in [2.24, 2.45) is 0 Å². The molecule has 1 aliphatic heterocycles. The number of rotatable bonds is 10. The summed E-state index contributed by atoms with van der Waals surface area (Å²) in [6, 6.07) is 14.7. The van der Waals surface area contributed by atoms with Crippen LogP contribution in [0.15, 0.2) is 59.8 Å². The van der Waals surface area contributed by atoms with E-state index in [0.29, 0.717) is 34.4 Å². The van der Waals surface area contributed by atoms with Crippen molar-refractivity contribution in [1.82, 2.24) is 10.6 Å². The number of hydrogen-bond donors (Lipinski definition) is 2. The largest absolute Gasteiger partial charge is 0.493 e. The highest BCUT2D eigenvalue weighted by molar-refractivity contribution is 7.80. The minimum atomic E-state index is -0.381. The van der Waals surface area contributed by atoms with Gasteiger partial charge in [0.2, 0.25) is 0 Å². The third-order valence-electron chi connectivity index (χ3n) is 5.33. The molecule has 1 aliphatic rings. The SMILES string of the molecule is CCCCCCOc1ccc([C@H]2NC(=S)NC(C)=C2C(=O)c2ccccc2)cc1OC. The first kappa shape index (κ1) is 22.8. The average molecular weight is 439 g/mol. The molecule has 1 atom stereocenters. The van der Waals surface area contributed by atoms with Crippen LogP contribution in [0, 0.1) is 0 Å². The Bertz CT molecular complexity index is 956. The molecular formula is C25H30N2O3S. The van der Waals surface area contributed by atoms with Gasteiger partial charge in [0.15, 0.2) is 22.4 Å². The van der Waals surface area contributed by atoms with E-state index in [0.717, 1.165) is 24.1 Å². The summed E-state index contributed by atoms with van der Waals surface area (Å²) in [6.07, 6.45) is 4.58. The maximum atomic E-state index is 13.3. The minimum absolute atomic E-state index is 0.0409. The number of allylic oxidation sites excluding steroid dienone is 1. The number of carbonyl (C=O) groups excluding carboxylic acids is 1. The molecule has 0 unspecified atom stereocenters. The number of ether oxygens (including phenoxy) is 2. The number of ketones is 1. The predicted molar refractivity (Wildman–Crippen MR) is 128 cm³/mol. The van der Waals surface area contributed by atoms with Crippen molar-refractivity contribution in [3.8, 4) is 11.5 Å². The van der Waals surface area contributed by atoms with Crippen LogP contribution >= 0.6 is 12.2 Å². The lowest BCUT2D eigenvalue weighted by Crippen LogP contribution is -2.44. The lowest BCUT2D eigenvalue weighted by atomic mass is 9.89. The molecule has 0 saturated heterocycles. The normalized spacial score (nSPS) is 15.8. The molecule has 1 heterocycles. The standard InChI is InChI=1S/C25H30N2O3S/c1-4-5-6-10-15-30-20-14-13-19(16-21(20)29-3)23-22(17(2)26-25(31)27-23)24(28)18-11-8-7-9-12-18/h7-9,11-14,16,23H,4-6,10,15H2,1-3H3,(H2,26,27,31)/t23-/m1/s1. The van der Waals surface area contributed by atoms with Crippen LogP contribution in [0.1, 0.15) is 61.5 Å². The van der Waals surface area contributed by atoms with E-state index in [1.54, 1.807) is 7.11 Å². The fraction of sp³-hybridized carbons (Fsp3) is 0.360. The lowest BCUT2D eigenvalue weighted by molar-refractivity contribution is 0.102. The zero-order chi connectivity index (χ0) is 22.2. The van der Waals surface area contributed by atoms with Gasteiger partial charge < -0.3 is 20.1 Å². The second kappa shape index (κ2) is 11.0. The molecule has 0 fully saturated rings. The Morgan fingerprint density at radius 2 is 1.84 bits per heavy atom. The molecule has 6 heteroatoms. The van der Waals surface area contributed by atoms with E-state index in [4.69, 9.17) is 21.7 Å². The first-order chi connectivity index (χ1) is 15.0. The van der Waals surface area contributed by atoms with Gasteiger partial charge >= 0.3 is 0 Å². The van der Waals surface area contributed by atoms with Gasteiger partial charge in [0.25, 0.3) is 0 Å². The summed E-state index contributed by atoms with van der Waals surface area (Å²) in [6.45, 7) is 4.72. The zero-order valence-electron chi connectivity index (χ0n) is 18.4. The smallest absolute Gasteiger partial charge is 0.193 e. The van der Waals surface area contributed by atoms with E-state index in [1.165, 1.54) is 12.8 Å². The molecule has 0 aromatic heterocycles. The van der Waals surface area contributed by atoms with Crippen LogP contribution in [0.2, 0.25) is 0 Å². The molecule has 0 saturated carbocycles. The lowest BCUT2D eigenvalue weighted by Gasteiger charge is -2.30. The number of nitrogens with one attached hydrogen (secondary N) is 2. The molecule has 2 aromatic rings. The number of carbonyl (C=O) groups is 1. The topological polar surface area (TPSA) is 59.6 Å². The minimum Gasteiger partial charge on any atom is -0.493 e. The number of methoxy groups -OCH3 is 1. The quantitative estimate of drug-likeness (QED) is 0.297. The third-order valence-corrected chi connectivity index (χ3v) is 5.55. The van der Waals surface area contributed by atoms with Crippen LogP contribution in [0.5, 0.6) is 11.5 Å². The molecule has 2 N–H and O–H groups in total. The van der Waals surface area contributed by atoms with Gasteiger partial charge in [-0.15, -0.1) is 0 Å². The predicted octanol–water partition coefficient (Wildman–Crippen LogP) is 5.33. The molecule has 0 aliphatic carbocycles. The Hall–Kier alpha value is -2.86. The van der Waals surface area contributed by atoms with E-state index in [1.807, 2.05) is 55.5 Å². The second-order valence-electron chi connectivity index (χ2n) is 7.58. The number of thiocarbonyl (C=S) groups is 1. The number of unbranched alkanes of at least 4 members (excludes halogenated alkanes) is 3. The first-order valence-corrected chi connectivity index (χ1v) is 11.1. The van der Waals surface area contributed by atoms with Crippen molar-refractivity contribution in [2.45, 2.75) is 45.6 Å². The van der Waals surface area contributed by atoms with Crippen LogP contribution < -0.4 is 20.1 Å². The molecule has 0 amide bonds. The van der Waals surface area contributed by atoms with Gasteiger partial charge in [-0.1, -0.05) is 62.6 Å². The van der Waals surface area contributed by atoms with Gasteiger partial charge in [-0.2, -0.15) is 0 Å². The second-order valence-corrected chi connectivity index (χ2v) is 7.99. The molecule has 5 nitrogen and oxygen atoms in total. The summed E-state index contributed by atoms with van der Waals surface area (Å²) in [4.78, 5) is 13.3. The number of Topliss-reactive ketones (excluding diaryl/α,β-unsaturated/α-hetero) is 1. The first-order valence-electron chi connectivity index (χ1n) is 10.7. The summed E-state index contributed by atoms with van der Waals surface area (Å²) in [5.41, 5.74) is 2.91. The highest BCUT2D eigenvalue weighted by atomic mass is 32.1. The highest BCUT2D eigenvalue weighted by Gasteiger charge is 2.31. The monoisotopic (exact) mass is 438 g/mol. The molecular weight excluding hydrogens is 408 g/mol. The van der Waals surface area contributed by atoms with Crippen molar-refractivity contribution in [1.29, 1.82) is 0 Å². The van der Waals surface area contributed by atoms with Crippen molar-refractivity contribution < 1.29 is 14.3 Å². The molecule has 0 radical (unpaired) electrons. The molecule has 31 heavy (non-hydrogen) atoms. The highest BCUT2D eigenvalue weighted by Crippen LogP contribution is 2.35. The molecule has 164 valence electrons. The number of hydrogen-bond acceptors (Lipinski definition) is 4. The van der Waals surface area contributed by atoms with Gasteiger partial charge in [0.1, 0.15) is 0 Å². The Labute approximate surface area is 189 Å². The van der Waals surface area contributed by atoms with E-state index in [9.17, 15) is 4.79 Å². The summed E-state index contributed by atoms with van der Waals surface area (Å²) in [5, 5.41) is 6.82. The van der Waals surface area contributed by atoms with Gasteiger partial charge in [0, 0.05) is 16.8 Å². The van der Waals surface area contributed by atoms with Crippen molar-refractivity contribution in [3.63, 3.8) is 0 Å². The van der Waals surface area contributed by atoms with Crippen LogP contribution in [0.4, 0.5) is 0 Å². The summed E-state index contributed by atoms with van der Waals surface area (Å²) >= 11 is 5.37. The molecule has 0 spiro atoms. The summed E-state index contributed by atoms with van der Waals surface area (Å²) in [5.74, 6) is 1.31. The van der Waals surface area contributed by atoms with Crippen LogP contribution in [-0.2, 0) is 0 Å². The Kier molecular flexibility index (Phi) is 8.06. The van der Waals surface area contributed by atoms with E-state index >= 15 is 0 Å². The zero-order valence-corrected chi connectivity index (χ0v) is 19.2. The van der Waals surface area contributed by atoms with Gasteiger partial charge in [0.05, 0.1) is 19.8 Å². The molecule has 2 aromatic carbocycles. The van der Waals surface area contributed by atoms with Crippen molar-refractivity contribution in [2.75, 3.05) is 13.7 Å². The van der Waals surface area contributed by atoms with Gasteiger partial charge in [-0.05, 0) is 43.3 Å². The fourth-order valence-electron chi connectivity index (χ4n) is 3.68. The van der Waals surface area contributed by atoms with E-state index in [-0.39, 0.29) is 11.8 Å². The average Bonchev–Trinajstić information content (AvgIpc) is 2.78. The molecule has 0 bridgehead atoms. The summed E-state index contributed by atoms with van der Waals surface area (Å²) < 4.78 is 11.5. The Morgan fingerprint density at radius 3 is 2.55 bits per heavy atom. The maximum Gasteiger partial charge on any atom is 0.193 e. The van der Waals surface area contributed by atoms with Gasteiger partial charge in [-0.25, -0.2) is 0 Å². The maximum absolute atomic E-state index is 13.3. The third kappa shape index (κ3) is 5.64. The fourth-order valence-corrected chi connectivity index (χ4v) is 3.95. The van der Waals surface area contributed by atoms with Crippen LogP contribution in [0.3, 0.4) is 0 Å². The summed E-state index contributed by atoms with van der Waals surface area (Å²) in [7, 11) is 1.63. The van der Waals surface area contributed by atoms with Crippen LogP contribution in [0.25, 0.3) is 0 Å². The van der Waals surface area contributed by atoms with E-state index in [2.05, 4.69) is 17.6 Å². The van der Waals surface area contributed by atoms with Crippen molar-refractivity contribution >= 4 is 23.1 Å². The Balaban J connectivity index is 1.87. The number of benzene rings is 2. The van der Waals surface area contributed by atoms with Gasteiger partial charge in [-0.3, -0.25) is 4.79 Å². The Morgan fingerprint density at radius 1 is 1.06 bits per heavy atom. The molecule has 3 rings (SSSR count).